The fourth-order valence-corrected chi connectivity index (χ4v) is 2.79. The van der Waals surface area contributed by atoms with Crippen molar-refractivity contribution >= 4 is 27.5 Å². The Hall–Kier alpha value is -1.61. The SMILES string of the molecule is CCN(C(=O)c1cc(C)cc(Br)c1)c1ccc(C)cc1. The second-order valence-corrected chi connectivity index (χ2v) is 5.82. The topological polar surface area (TPSA) is 20.3 Å². The zero-order chi connectivity index (χ0) is 14.7. The molecule has 0 unspecified atom stereocenters. The quantitative estimate of drug-likeness (QED) is 0.795. The van der Waals surface area contributed by atoms with Gasteiger partial charge in [-0.3, -0.25) is 4.79 Å². The lowest BCUT2D eigenvalue weighted by Crippen LogP contribution is -2.30. The molecule has 0 aromatic heterocycles. The van der Waals surface area contributed by atoms with E-state index in [1.54, 1.807) is 4.90 Å². The minimum atomic E-state index is 0.0285. The lowest BCUT2D eigenvalue weighted by Gasteiger charge is -2.21. The minimum absolute atomic E-state index is 0.0285. The average molecular weight is 332 g/mol. The van der Waals surface area contributed by atoms with Crippen LogP contribution < -0.4 is 4.90 Å². The van der Waals surface area contributed by atoms with E-state index in [-0.39, 0.29) is 5.91 Å². The zero-order valence-electron chi connectivity index (χ0n) is 12.0. The van der Waals surface area contributed by atoms with Gasteiger partial charge in [0, 0.05) is 22.3 Å². The zero-order valence-corrected chi connectivity index (χ0v) is 13.6. The highest BCUT2D eigenvalue weighted by Gasteiger charge is 2.16. The third-order valence-corrected chi connectivity index (χ3v) is 3.65. The van der Waals surface area contributed by atoms with Crippen LogP contribution in [-0.2, 0) is 0 Å². The number of hydrogen-bond acceptors (Lipinski definition) is 1. The molecular formula is C17H18BrNO. The maximum atomic E-state index is 12.7. The molecule has 20 heavy (non-hydrogen) atoms. The monoisotopic (exact) mass is 331 g/mol. The van der Waals surface area contributed by atoms with Crippen molar-refractivity contribution in [2.75, 3.05) is 11.4 Å². The van der Waals surface area contributed by atoms with Gasteiger partial charge >= 0.3 is 0 Å². The van der Waals surface area contributed by atoms with Crippen LogP contribution in [0.15, 0.2) is 46.9 Å². The maximum Gasteiger partial charge on any atom is 0.258 e. The van der Waals surface area contributed by atoms with Crippen molar-refractivity contribution in [2.45, 2.75) is 20.8 Å². The number of aryl methyl sites for hydroxylation is 2. The van der Waals surface area contributed by atoms with Crippen molar-refractivity contribution in [1.82, 2.24) is 0 Å². The molecule has 3 heteroatoms. The second kappa shape index (κ2) is 6.23. The highest BCUT2D eigenvalue weighted by atomic mass is 79.9. The van der Waals surface area contributed by atoms with Crippen LogP contribution in [0.3, 0.4) is 0 Å². The number of nitrogens with zero attached hydrogens (tertiary/aromatic N) is 1. The van der Waals surface area contributed by atoms with Crippen LogP contribution in [0.2, 0.25) is 0 Å². The molecule has 2 nitrogen and oxygen atoms in total. The Kier molecular flexibility index (Phi) is 4.61. The van der Waals surface area contributed by atoms with Gasteiger partial charge < -0.3 is 4.90 Å². The molecule has 104 valence electrons. The van der Waals surface area contributed by atoms with Crippen LogP contribution in [0.25, 0.3) is 0 Å². The predicted molar refractivity (Wildman–Crippen MR) is 87.4 cm³/mol. The van der Waals surface area contributed by atoms with E-state index in [0.717, 1.165) is 15.7 Å². The van der Waals surface area contributed by atoms with Crippen LogP contribution in [0.5, 0.6) is 0 Å². The van der Waals surface area contributed by atoms with Crippen molar-refractivity contribution < 1.29 is 4.79 Å². The fraction of sp³-hybridized carbons (Fsp3) is 0.235. The summed E-state index contributed by atoms with van der Waals surface area (Å²) in [5.41, 5.74) is 3.90. The van der Waals surface area contributed by atoms with E-state index >= 15 is 0 Å². The Labute approximate surface area is 128 Å². The van der Waals surface area contributed by atoms with Crippen molar-refractivity contribution in [1.29, 1.82) is 0 Å². The molecular weight excluding hydrogens is 314 g/mol. The first-order valence-corrected chi connectivity index (χ1v) is 7.46. The normalized spacial score (nSPS) is 10.4. The van der Waals surface area contributed by atoms with Gasteiger partial charge in [-0.25, -0.2) is 0 Å². The number of rotatable bonds is 3. The van der Waals surface area contributed by atoms with Crippen molar-refractivity contribution in [2.24, 2.45) is 0 Å². The van der Waals surface area contributed by atoms with Gasteiger partial charge in [0.1, 0.15) is 0 Å². The van der Waals surface area contributed by atoms with Gasteiger partial charge in [0.25, 0.3) is 5.91 Å². The lowest BCUT2D eigenvalue weighted by atomic mass is 10.1. The number of amides is 1. The van der Waals surface area contributed by atoms with E-state index < -0.39 is 0 Å². The molecule has 2 aromatic carbocycles. The number of hydrogen-bond donors (Lipinski definition) is 0. The van der Waals surface area contributed by atoms with Gasteiger partial charge in [0.2, 0.25) is 0 Å². The molecule has 0 N–H and O–H groups in total. The lowest BCUT2D eigenvalue weighted by molar-refractivity contribution is 0.0988. The first kappa shape index (κ1) is 14.8. The molecule has 0 aliphatic rings. The van der Waals surface area contributed by atoms with E-state index in [0.29, 0.717) is 12.1 Å². The maximum absolute atomic E-state index is 12.7. The third kappa shape index (κ3) is 3.28. The van der Waals surface area contributed by atoms with E-state index in [1.807, 2.05) is 63.2 Å². The molecule has 2 rings (SSSR count). The highest BCUT2D eigenvalue weighted by molar-refractivity contribution is 9.10. The molecule has 0 bridgehead atoms. The summed E-state index contributed by atoms with van der Waals surface area (Å²) in [6.07, 6.45) is 0. The van der Waals surface area contributed by atoms with Gasteiger partial charge in [0.05, 0.1) is 0 Å². The van der Waals surface area contributed by atoms with Gasteiger partial charge in [0.15, 0.2) is 0 Å². The van der Waals surface area contributed by atoms with E-state index in [4.69, 9.17) is 0 Å². The molecule has 0 saturated heterocycles. The molecule has 0 radical (unpaired) electrons. The average Bonchev–Trinajstić information content (AvgIpc) is 2.40. The van der Waals surface area contributed by atoms with Crippen LogP contribution in [0, 0.1) is 13.8 Å². The van der Waals surface area contributed by atoms with E-state index in [9.17, 15) is 4.79 Å². The summed E-state index contributed by atoms with van der Waals surface area (Å²) in [5.74, 6) is 0.0285. The summed E-state index contributed by atoms with van der Waals surface area (Å²) in [7, 11) is 0. The van der Waals surface area contributed by atoms with Crippen LogP contribution >= 0.6 is 15.9 Å². The van der Waals surface area contributed by atoms with Gasteiger partial charge in [-0.15, -0.1) is 0 Å². The highest BCUT2D eigenvalue weighted by Crippen LogP contribution is 2.21. The van der Waals surface area contributed by atoms with Crippen LogP contribution in [0.1, 0.15) is 28.4 Å². The van der Waals surface area contributed by atoms with Crippen molar-refractivity contribution in [3.8, 4) is 0 Å². The molecule has 2 aromatic rings. The molecule has 0 fully saturated rings. The largest absolute Gasteiger partial charge is 0.309 e. The standard InChI is InChI=1S/C17H18BrNO/c1-4-19(16-7-5-12(2)6-8-16)17(20)14-9-13(3)10-15(18)11-14/h5-11H,4H2,1-3H3. The van der Waals surface area contributed by atoms with Gasteiger partial charge in [-0.05, 0) is 56.7 Å². The number of halogens is 1. The van der Waals surface area contributed by atoms with Crippen molar-refractivity contribution in [3.05, 3.63) is 63.6 Å². The number of carbonyl (C=O) groups is 1. The van der Waals surface area contributed by atoms with Crippen molar-refractivity contribution in [3.63, 3.8) is 0 Å². The van der Waals surface area contributed by atoms with E-state index in [2.05, 4.69) is 15.9 Å². The Morgan fingerprint density at radius 1 is 1.05 bits per heavy atom. The van der Waals surface area contributed by atoms with Gasteiger partial charge in [-0.1, -0.05) is 33.6 Å². The summed E-state index contributed by atoms with van der Waals surface area (Å²) in [6, 6.07) is 13.8. The third-order valence-electron chi connectivity index (χ3n) is 3.20. The Bertz CT molecular complexity index is 599. The summed E-state index contributed by atoms with van der Waals surface area (Å²) in [4.78, 5) is 14.5. The van der Waals surface area contributed by atoms with Crippen LogP contribution in [0.4, 0.5) is 5.69 Å². The molecule has 0 spiro atoms. The second-order valence-electron chi connectivity index (χ2n) is 4.90. The van der Waals surface area contributed by atoms with Gasteiger partial charge in [-0.2, -0.15) is 0 Å². The Morgan fingerprint density at radius 3 is 2.25 bits per heavy atom. The molecule has 0 saturated carbocycles. The smallest absolute Gasteiger partial charge is 0.258 e. The molecule has 0 aliphatic heterocycles. The Balaban J connectivity index is 2.36. The summed E-state index contributed by atoms with van der Waals surface area (Å²) in [6.45, 7) is 6.67. The molecule has 0 aliphatic carbocycles. The molecule has 0 atom stereocenters. The molecule has 1 amide bonds. The summed E-state index contributed by atoms with van der Waals surface area (Å²) in [5, 5.41) is 0. The Morgan fingerprint density at radius 2 is 1.70 bits per heavy atom. The fourth-order valence-electron chi connectivity index (χ4n) is 2.18. The predicted octanol–water partition coefficient (Wildman–Crippen LogP) is 4.73. The number of benzene rings is 2. The number of anilines is 1. The first-order valence-electron chi connectivity index (χ1n) is 6.67. The summed E-state index contributed by atoms with van der Waals surface area (Å²) >= 11 is 3.45. The summed E-state index contributed by atoms with van der Waals surface area (Å²) < 4.78 is 0.931. The van der Waals surface area contributed by atoms with Crippen LogP contribution in [-0.4, -0.2) is 12.5 Å². The van der Waals surface area contributed by atoms with E-state index in [1.165, 1.54) is 5.56 Å². The minimum Gasteiger partial charge on any atom is -0.309 e. The number of carbonyl (C=O) groups excluding carboxylic acids is 1. The molecule has 0 heterocycles. The first-order chi connectivity index (χ1) is 9.51.